The fourth-order valence-electron chi connectivity index (χ4n) is 3.36. The Morgan fingerprint density at radius 1 is 1.11 bits per heavy atom. The van der Waals surface area contributed by atoms with E-state index < -0.39 is 0 Å². The zero-order valence-corrected chi connectivity index (χ0v) is 17.1. The van der Waals surface area contributed by atoms with Crippen LogP contribution < -0.4 is 15.4 Å². The Bertz CT molecular complexity index is 874. The molecule has 0 bridgehead atoms. The first-order chi connectivity index (χ1) is 12.9. The number of benzene rings is 2. The average molecular weight is 383 g/mol. The summed E-state index contributed by atoms with van der Waals surface area (Å²) in [5.74, 6) is 2.16. The Morgan fingerprint density at radius 3 is 2.56 bits per heavy atom. The molecule has 0 aliphatic carbocycles. The smallest absolute Gasteiger partial charge is 0.229 e. The molecule has 0 saturated carbocycles. The summed E-state index contributed by atoms with van der Waals surface area (Å²) >= 11 is 1.63. The summed E-state index contributed by atoms with van der Waals surface area (Å²) < 4.78 is 5.58. The van der Waals surface area contributed by atoms with Crippen molar-refractivity contribution in [1.82, 2.24) is 5.32 Å². The number of rotatable bonds is 6. The standard InChI is InChI=1S/C22H26N2O2S/c1-22(2)12-15(13-27-14-20(25)23-3)16-9-7-10-18(21(16)24-22)17-8-5-6-11-19(17)26-4/h5-12,24H,13-14H2,1-4H3,(H,23,25). The molecule has 142 valence electrons. The molecule has 27 heavy (non-hydrogen) atoms. The van der Waals surface area contributed by atoms with Crippen LogP contribution in [0.3, 0.4) is 0 Å². The van der Waals surface area contributed by atoms with Gasteiger partial charge in [-0.25, -0.2) is 0 Å². The highest BCUT2D eigenvalue weighted by Crippen LogP contribution is 2.43. The second kappa shape index (κ2) is 8.09. The van der Waals surface area contributed by atoms with Gasteiger partial charge in [0.1, 0.15) is 5.75 Å². The van der Waals surface area contributed by atoms with Crippen molar-refractivity contribution in [2.45, 2.75) is 19.4 Å². The van der Waals surface area contributed by atoms with Crippen LogP contribution >= 0.6 is 11.8 Å². The van der Waals surface area contributed by atoms with Crippen LogP contribution in [-0.2, 0) is 4.79 Å². The summed E-state index contributed by atoms with van der Waals surface area (Å²) in [6.45, 7) is 4.33. The zero-order chi connectivity index (χ0) is 19.4. The number of ether oxygens (including phenoxy) is 1. The number of fused-ring (bicyclic) bond motifs is 1. The molecule has 1 aliphatic heterocycles. The van der Waals surface area contributed by atoms with Gasteiger partial charge in [-0.05, 0) is 25.5 Å². The Kier molecular flexibility index (Phi) is 5.80. The number of carbonyl (C=O) groups is 1. The van der Waals surface area contributed by atoms with Crippen molar-refractivity contribution in [2.75, 3.05) is 31.0 Å². The average Bonchev–Trinajstić information content (AvgIpc) is 2.66. The molecular formula is C22H26N2O2S. The van der Waals surface area contributed by atoms with Gasteiger partial charge in [0.25, 0.3) is 0 Å². The number of para-hydroxylation sites is 2. The quantitative estimate of drug-likeness (QED) is 0.776. The van der Waals surface area contributed by atoms with E-state index in [1.54, 1.807) is 25.9 Å². The topological polar surface area (TPSA) is 50.4 Å². The largest absolute Gasteiger partial charge is 0.496 e. The highest BCUT2D eigenvalue weighted by Gasteiger charge is 2.27. The Hall–Kier alpha value is -2.40. The minimum absolute atomic E-state index is 0.0526. The summed E-state index contributed by atoms with van der Waals surface area (Å²) in [4.78, 5) is 11.6. The van der Waals surface area contributed by atoms with Gasteiger partial charge in [0.05, 0.1) is 24.1 Å². The van der Waals surface area contributed by atoms with Crippen molar-refractivity contribution in [3.8, 4) is 16.9 Å². The number of amides is 1. The predicted molar refractivity (Wildman–Crippen MR) is 116 cm³/mol. The van der Waals surface area contributed by atoms with E-state index in [2.05, 4.69) is 54.8 Å². The molecule has 0 radical (unpaired) electrons. The number of hydrogen-bond acceptors (Lipinski definition) is 4. The molecule has 0 atom stereocenters. The first-order valence-electron chi connectivity index (χ1n) is 9.00. The van der Waals surface area contributed by atoms with Gasteiger partial charge in [-0.15, -0.1) is 11.8 Å². The maximum absolute atomic E-state index is 11.6. The van der Waals surface area contributed by atoms with Crippen molar-refractivity contribution in [3.63, 3.8) is 0 Å². The van der Waals surface area contributed by atoms with Crippen LogP contribution in [0.25, 0.3) is 16.7 Å². The van der Waals surface area contributed by atoms with Gasteiger partial charge in [-0.3, -0.25) is 4.79 Å². The van der Waals surface area contributed by atoms with E-state index in [1.165, 1.54) is 11.1 Å². The van der Waals surface area contributed by atoms with Crippen molar-refractivity contribution in [1.29, 1.82) is 0 Å². The highest BCUT2D eigenvalue weighted by atomic mass is 32.2. The van der Waals surface area contributed by atoms with E-state index in [1.807, 2.05) is 18.2 Å². The Labute approximate surface area is 165 Å². The van der Waals surface area contributed by atoms with Crippen LogP contribution in [0.4, 0.5) is 5.69 Å². The molecule has 0 unspecified atom stereocenters. The third-order valence-corrected chi connectivity index (χ3v) is 5.54. The van der Waals surface area contributed by atoms with Gasteiger partial charge in [0.2, 0.25) is 5.91 Å². The molecule has 2 N–H and O–H groups in total. The SMILES string of the molecule is CNC(=O)CSCC1=CC(C)(C)Nc2c1cccc2-c1ccccc1OC. The van der Waals surface area contributed by atoms with E-state index >= 15 is 0 Å². The van der Waals surface area contributed by atoms with E-state index in [0.29, 0.717) is 5.75 Å². The van der Waals surface area contributed by atoms with Gasteiger partial charge in [0.15, 0.2) is 0 Å². The lowest BCUT2D eigenvalue weighted by molar-refractivity contribution is -0.118. The molecule has 0 saturated heterocycles. The molecule has 2 aromatic rings. The lowest BCUT2D eigenvalue weighted by Crippen LogP contribution is -2.32. The third kappa shape index (κ3) is 4.30. The number of anilines is 1. The number of nitrogens with one attached hydrogen (secondary N) is 2. The van der Waals surface area contributed by atoms with Crippen molar-refractivity contribution in [3.05, 3.63) is 54.1 Å². The molecule has 3 rings (SSSR count). The molecule has 0 spiro atoms. The second-order valence-electron chi connectivity index (χ2n) is 7.11. The number of hydrogen-bond donors (Lipinski definition) is 2. The Morgan fingerprint density at radius 2 is 1.81 bits per heavy atom. The molecule has 2 aromatic carbocycles. The monoisotopic (exact) mass is 382 g/mol. The maximum Gasteiger partial charge on any atom is 0.229 e. The molecule has 1 amide bonds. The number of carbonyl (C=O) groups excluding carboxylic acids is 1. The van der Waals surface area contributed by atoms with Crippen molar-refractivity contribution >= 4 is 28.9 Å². The van der Waals surface area contributed by atoms with Gasteiger partial charge in [0, 0.05) is 29.5 Å². The molecule has 4 nitrogen and oxygen atoms in total. The van der Waals surface area contributed by atoms with Crippen LogP contribution in [0.1, 0.15) is 19.4 Å². The molecule has 5 heteroatoms. The van der Waals surface area contributed by atoms with Crippen LogP contribution in [0.2, 0.25) is 0 Å². The summed E-state index contributed by atoms with van der Waals surface area (Å²) in [6.07, 6.45) is 2.26. The molecule has 1 heterocycles. The number of thioether (sulfide) groups is 1. The second-order valence-corrected chi connectivity index (χ2v) is 8.10. The first kappa shape index (κ1) is 19.4. The maximum atomic E-state index is 11.6. The summed E-state index contributed by atoms with van der Waals surface area (Å²) in [5, 5.41) is 6.35. The minimum atomic E-state index is -0.173. The van der Waals surface area contributed by atoms with E-state index in [9.17, 15) is 4.79 Å². The fraction of sp³-hybridized carbons (Fsp3) is 0.318. The van der Waals surface area contributed by atoms with E-state index in [4.69, 9.17) is 4.74 Å². The van der Waals surface area contributed by atoms with E-state index in [-0.39, 0.29) is 11.4 Å². The molecule has 0 aromatic heterocycles. The van der Waals surface area contributed by atoms with Crippen LogP contribution in [0.15, 0.2) is 48.5 Å². The van der Waals surface area contributed by atoms with Crippen LogP contribution in [-0.4, -0.2) is 37.1 Å². The van der Waals surface area contributed by atoms with Crippen LogP contribution in [0, 0.1) is 0 Å². The minimum Gasteiger partial charge on any atom is -0.496 e. The predicted octanol–water partition coefficient (Wildman–Crippen LogP) is 4.43. The van der Waals surface area contributed by atoms with Gasteiger partial charge >= 0.3 is 0 Å². The molecular weight excluding hydrogens is 356 g/mol. The molecule has 0 fully saturated rings. The molecule has 1 aliphatic rings. The van der Waals surface area contributed by atoms with Crippen molar-refractivity contribution < 1.29 is 9.53 Å². The van der Waals surface area contributed by atoms with Gasteiger partial charge < -0.3 is 15.4 Å². The van der Waals surface area contributed by atoms with Gasteiger partial charge in [-0.1, -0.05) is 42.5 Å². The summed E-state index contributed by atoms with van der Waals surface area (Å²) in [5.41, 5.74) is 5.57. The summed E-state index contributed by atoms with van der Waals surface area (Å²) in [7, 11) is 3.37. The first-order valence-corrected chi connectivity index (χ1v) is 10.2. The highest BCUT2D eigenvalue weighted by molar-refractivity contribution is 8.00. The lowest BCUT2D eigenvalue weighted by atomic mass is 9.87. The van der Waals surface area contributed by atoms with Crippen molar-refractivity contribution in [2.24, 2.45) is 0 Å². The zero-order valence-electron chi connectivity index (χ0n) is 16.3. The van der Waals surface area contributed by atoms with Crippen LogP contribution in [0.5, 0.6) is 5.75 Å². The third-order valence-electron chi connectivity index (χ3n) is 4.56. The summed E-state index contributed by atoms with van der Waals surface area (Å²) in [6, 6.07) is 14.4. The lowest BCUT2D eigenvalue weighted by Gasteiger charge is -2.34. The normalized spacial score (nSPS) is 14.6. The van der Waals surface area contributed by atoms with Gasteiger partial charge in [-0.2, -0.15) is 0 Å². The Balaban J connectivity index is 2.00. The fourth-order valence-corrected chi connectivity index (χ4v) is 4.25. The number of methoxy groups -OCH3 is 1. The van der Waals surface area contributed by atoms with E-state index in [0.717, 1.165) is 28.3 Å².